The number of aliphatic hydroxyl groups is 1. The first-order valence-corrected chi connectivity index (χ1v) is 12.6. The number of nitrogens with one attached hydrogen (secondary N) is 2. The maximum atomic E-state index is 13.0. The van der Waals surface area contributed by atoms with Crippen molar-refractivity contribution in [3.05, 3.63) is 45.1 Å². The van der Waals surface area contributed by atoms with Gasteiger partial charge in [0.1, 0.15) is 0 Å². The van der Waals surface area contributed by atoms with Gasteiger partial charge in [-0.2, -0.15) is 0 Å². The lowest BCUT2D eigenvalue weighted by atomic mass is 10.1. The number of alkyl halides is 1. The van der Waals surface area contributed by atoms with Gasteiger partial charge in [-0.05, 0) is 87.8 Å². The van der Waals surface area contributed by atoms with E-state index in [9.17, 15) is 19.5 Å². The molecule has 1 aliphatic heterocycles. The average molecular weight is 620 g/mol. The highest BCUT2D eigenvalue weighted by Crippen LogP contribution is 2.27. The molecular formula is C21H23BrIN3O4S. The minimum absolute atomic E-state index is 0.0536. The Morgan fingerprint density at radius 3 is 2.55 bits per heavy atom. The molecule has 7 nitrogen and oxygen atoms in total. The summed E-state index contributed by atoms with van der Waals surface area (Å²) in [7, 11) is 0. The number of carbonyl (C=O) groups excluding carboxylic acids is 3. The molecule has 2 heterocycles. The Bertz CT molecular complexity index is 952. The minimum atomic E-state index is -1.32. The van der Waals surface area contributed by atoms with Gasteiger partial charge in [-0.1, -0.05) is 6.42 Å². The Kier molecular flexibility index (Phi) is 8.48. The minimum Gasteiger partial charge on any atom is -0.396 e. The first-order valence-electron chi connectivity index (χ1n) is 9.92. The van der Waals surface area contributed by atoms with Crippen molar-refractivity contribution in [2.45, 2.75) is 35.6 Å². The number of hydrogen-bond donors (Lipinski definition) is 3. The van der Waals surface area contributed by atoms with Gasteiger partial charge < -0.3 is 20.6 Å². The monoisotopic (exact) mass is 619 g/mol. The number of carbonyl (C=O) groups is 3. The van der Waals surface area contributed by atoms with Crippen LogP contribution in [0.15, 0.2) is 40.2 Å². The van der Waals surface area contributed by atoms with E-state index in [4.69, 9.17) is 0 Å². The first kappa shape index (κ1) is 24.1. The Balaban J connectivity index is 1.69. The van der Waals surface area contributed by atoms with Crippen molar-refractivity contribution in [2.24, 2.45) is 0 Å². The molecule has 0 aliphatic carbocycles. The number of halogens is 2. The second-order valence-electron chi connectivity index (χ2n) is 7.19. The highest BCUT2D eigenvalue weighted by Gasteiger charge is 2.37. The number of aliphatic hydroxyl groups excluding tert-OH is 1. The lowest BCUT2D eigenvalue weighted by Crippen LogP contribution is -2.52. The molecule has 3 rings (SSSR count). The van der Waals surface area contributed by atoms with E-state index in [0.717, 1.165) is 28.7 Å². The topological polar surface area (TPSA) is 98.7 Å². The highest BCUT2D eigenvalue weighted by molar-refractivity contribution is 14.1. The van der Waals surface area contributed by atoms with Gasteiger partial charge in [0.05, 0.1) is 8.66 Å². The van der Waals surface area contributed by atoms with Crippen LogP contribution in [0.4, 0.5) is 11.4 Å². The number of hydrogen-bond acceptors (Lipinski definition) is 5. The predicted octanol–water partition coefficient (Wildman–Crippen LogP) is 4.30. The number of benzene rings is 1. The van der Waals surface area contributed by atoms with Crippen molar-refractivity contribution in [3.8, 4) is 0 Å². The molecule has 2 aromatic rings. The van der Waals surface area contributed by atoms with Crippen molar-refractivity contribution in [1.29, 1.82) is 0 Å². The lowest BCUT2D eigenvalue weighted by molar-refractivity contribution is -0.119. The van der Waals surface area contributed by atoms with E-state index < -0.39 is 9.45 Å². The van der Waals surface area contributed by atoms with Gasteiger partial charge in [-0.25, -0.2) is 0 Å². The molecule has 0 bridgehead atoms. The summed E-state index contributed by atoms with van der Waals surface area (Å²) < 4.78 is -0.509. The lowest BCUT2D eigenvalue weighted by Gasteiger charge is -2.27. The summed E-state index contributed by atoms with van der Waals surface area (Å²) >= 11 is 6.44. The van der Waals surface area contributed by atoms with Gasteiger partial charge in [0.15, 0.2) is 3.55 Å². The average Bonchev–Trinajstić information content (AvgIpc) is 3.06. The highest BCUT2D eigenvalue weighted by atomic mass is 127. The molecule has 31 heavy (non-hydrogen) atoms. The van der Waals surface area contributed by atoms with Crippen LogP contribution in [-0.4, -0.2) is 39.5 Å². The van der Waals surface area contributed by atoms with E-state index in [1.807, 2.05) is 34.7 Å². The van der Waals surface area contributed by atoms with Crippen LogP contribution in [0.1, 0.15) is 41.8 Å². The van der Waals surface area contributed by atoms with E-state index in [1.54, 1.807) is 29.2 Å². The normalized spacial score (nSPS) is 16.4. The number of rotatable bonds is 7. The van der Waals surface area contributed by atoms with Crippen LogP contribution in [0.25, 0.3) is 0 Å². The third kappa shape index (κ3) is 6.27. The molecule has 0 saturated carbocycles. The molecule has 0 radical (unpaired) electrons. The summed E-state index contributed by atoms with van der Waals surface area (Å²) in [6, 6.07) is 10.5. The largest absolute Gasteiger partial charge is 0.396 e. The molecule has 1 aromatic heterocycles. The van der Waals surface area contributed by atoms with Gasteiger partial charge in [0.2, 0.25) is 5.91 Å². The van der Waals surface area contributed by atoms with E-state index >= 15 is 0 Å². The molecule has 0 unspecified atom stereocenters. The third-order valence-corrected chi connectivity index (χ3v) is 7.86. The van der Waals surface area contributed by atoms with Gasteiger partial charge >= 0.3 is 0 Å². The van der Waals surface area contributed by atoms with E-state index in [-0.39, 0.29) is 24.8 Å². The Hall–Kier alpha value is -1.50. The number of thiophene rings is 1. The van der Waals surface area contributed by atoms with E-state index in [2.05, 4.69) is 26.6 Å². The predicted molar refractivity (Wildman–Crippen MR) is 134 cm³/mol. The standard InChI is InChI=1S/C21H23BrIN3O4S/c22-17-10-9-16(31-17)19(29)25-21(23,11-13-27)20(30)24-14-5-7-15(8-6-14)26-12-3-1-2-4-18(26)28/h5-10,27H,1-4,11-13H2,(H,24,30)(H,25,29)/t21-/m1/s1. The van der Waals surface area contributed by atoms with E-state index in [0.29, 0.717) is 23.5 Å². The number of amides is 3. The van der Waals surface area contributed by atoms with Crippen LogP contribution in [0.3, 0.4) is 0 Å². The molecule has 166 valence electrons. The van der Waals surface area contributed by atoms with Gasteiger partial charge in [-0.3, -0.25) is 14.4 Å². The summed E-state index contributed by atoms with van der Waals surface area (Å²) in [6.07, 6.45) is 3.55. The van der Waals surface area contributed by atoms with Crippen LogP contribution in [-0.2, 0) is 9.59 Å². The summed E-state index contributed by atoms with van der Waals surface area (Å²) in [6.45, 7) is 0.434. The molecule has 1 aliphatic rings. The SMILES string of the molecule is O=C(N[C@](I)(CCO)C(=O)Nc1ccc(N2CCCCCC2=O)cc1)c1ccc(Br)s1. The second kappa shape index (κ2) is 10.9. The third-order valence-electron chi connectivity index (χ3n) is 4.94. The van der Waals surface area contributed by atoms with Crippen molar-refractivity contribution < 1.29 is 19.5 Å². The van der Waals surface area contributed by atoms with Crippen LogP contribution in [0.2, 0.25) is 0 Å². The maximum absolute atomic E-state index is 13.0. The zero-order chi connectivity index (χ0) is 22.4. The van der Waals surface area contributed by atoms with Gasteiger partial charge in [-0.15, -0.1) is 11.3 Å². The van der Waals surface area contributed by atoms with Crippen molar-refractivity contribution in [1.82, 2.24) is 5.32 Å². The van der Waals surface area contributed by atoms with Crippen LogP contribution in [0.5, 0.6) is 0 Å². The van der Waals surface area contributed by atoms with Crippen molar-refractivity contribution in [2.75, 3.05) is 23.4 Å². The fourth-order valence-corrected chi connectivity index (χ4v) is 5.18. The molecule has 0 spiro atoms. The summed E-state index contributed by atoms with van der Waals surface area (Å²) in [5, 5.41) is 15.0. The van der Waals surface area contributed by atoms with Crippen LogP contribution in [0, 0.1) is 0 Å². The number of anilines is 2. The van der Waals surface area contributed by atoms with E-state index in [1.165, 1.54) is 11.3 Å². The molecule has 1 saturated heterocycles. The van der Waals surface area contributed by atoms with Crippen LogP contribution >= 0.6 is 49.9 Å². The molecule has 1 fully saturated rings. The summed E-state index contributed by atoms with van der Waals surface area (Å²) in [4.78, 5) is 40.1. The zero-order valence-corrected chi connectivity index (χ0v) is 21.3. The molecule has 1 atom stereocenters. The smallest absolute Gasteiger partial charge is 0.262 e. The Morgan fingerprint density at radius 1 is 1.16 bits per heavy atom. The van der Waals surface area contributed by atoms with Gasteiger partial charge in [0.25, 0.3) is 11.8 Å². The quantitative estimate of drug-likeness (QED) is 0.245. The van der Waals surface area contributed by atoms with Crippen LogP contribution < -0.4 is 15.5 Å². The molecule has 3 N–H and O–H groups in total. The second-order valence-corrected chi connectivity index (χ2v) is 11.5. The maximum Gasteiger partial charge on any atom is 0.262 e. The fraction of sp³-hybridized carbons (Fsp3) is 0.381. The molecule has 10 heteroatoms. The summed E-state index contributed by atoms with van der Waals surface area (Å²) in [5.41, 5.74) is 1.35. The Labute approximate surface area is 206 Å². The molecule has 3 amide bonds. The first-order chi connectivity index (χ1) is 14.8. The Morgan fingerprint density at radius 2 is 1.90 bits per heavy atom. The number of nitrogens with zero attached hydrogens (tertiary/aromatic N) is 1. The zero-order valence-electron chi connectivity index (χ0n) is 16.7. The van der Waals surface area contributed by atoms with Gasteiger partial charge in [0, 0.05) is 37.4 Å². The summed E-state index contributed by atoms with van der Waals surface area (Å²) in [5.74, 6) is -0.708. The molecule has 1 aromatic carbocycles. The molecular weight excluding hydrogens is 597 g/mol. The van der Waals surface area contributed by atoms with Crippen molar-refractivity contribution >= 4 is 79.0 Å². The fourth-order valence-electron chi connectivity index (χ4n) is 3.28. The van der Waals surface area contributed by atoms with Crippen molar-refractivity contribution in [3.63, 3.8) is 0 Å².